The molecule has 1 aromatic carbocycles. The lowest BCUT2D eigenvalue weighted by Crippen LogP contribution is -2.20. The summed E-state index contributed by atoms with van der Waals surface area (Å²) in [6.07, 6.45) is 5.47. The SMILES string of the molecule is O=C(OCc1cc2ccccc2o1)C1CCCCC1. The number of fused-ring (bicyclic) bond motifs is 1. The summed E-state index contributed by atoms with van der Waals surface area (Å²) in [6, 6.07) is 9.75. The predicted molar refractivity (Wildman–Crippen MR) is 72.6 cm³/mol. The van der Waals surface area contributed by atoms with Crippen molar-refractivity contribution in [2.45, 2.75) is 38.7 Å². The first-order valence-corrected chi connectivity index (χ1v) is 6.97. The third kappa shape index (κ3) is 2.80. The van der Waals surface area contributed by atoms with Crippen molar-refractivity contribution >= 4 is 16.9 Å². The fourth-order valence-electron chi connectivity index (χ4n) is 2.71. The number of hydrogen-bond acceptors (Lipinski definition) is 3. The Morgan fingerprint density at radius 1 is 1.21 bits per heavy atom. The summed E-state index contributed by atoms with van der Waals surface area (Å²) in [5.41, 5.74) is 0.839. The minimum Gasteiger partial charge on any atom is -0.457 e. The average molecular weight is 258 g/mol. The van der Waals surface area contributed by atoms with Crippen LogP contribution >= 0.6 is 0 Å². The van der Waals surface area contributed by atoms with Crippen molar-refractivity contribution in [2.75, 3.05) is 0 Å². The molecular weight excluding hydrogens is 240 g/mol. The second-order valence-corrected chi connectivity index (χ2v) is 5.19. The van der Waals surface area contributed by atoms with E-state index in [2.05, 4.69) is 0 Å². The lowest BCUT2D eigenvalue weighted by Gasteiger charge is -2.19. The number of para-hydroxylation sites is 1. The fourth-order valence-corrected chi connectivity index (χ4v) is 2.71. The third-order valence-electron chi connectivity index (χ3n) is 3.77. The zero-order valence-electron chi connectivity index (χ0n) is 10.9. The molecule has 3 nitrogen and oxygen atoms in total. The fraction of sp³-hybridized carbons (Fsp3) is 0.438. The van der Waals surface area contributed by atoms with Crippen molar-refractivity contribution in [3.63, 3.8) is 0 Å². The Kier molecular flexibility index (Phi) is 3.53. The van der Waals surface area contributed by atoms with Crippen LogP contribution in [-0.4, -0.2) is 5.97 Å². The largest absolute Gasteiger partial charge is 0.457 e. The van der Waals surface area contributed by atoms with Crippen LogP contribution in [0.3, 0.4) is 0 Å². The highest BCUT2D eigenvalue weighted by atomic mass is 16.5. The molecule has 1 aromatic heterocycles. The van der Waals surface area contributed by atoms with Gasteiger partial charge in [0.1, 0.15) is 18.0 Å². The van der Waals surface area contributed by atoms with Gasteiger partial charge in [-0.1, -0.05) is 37.5 Å². The molecule has 1 saturated carbocycles. The first-order valence-electron chi connectivity index (χ1n) is 6.97. The van der Waals surface area contributed by atoms with E-state index in [0.29, 0.717) is 5.76 Å². The molecule has 0 radical (unpaired) electrons. The van der Waals surface area contributed by atoms with E-state index in [-0.39, 0.29) is 18.5 Å². The second kappa shape index (κ2) is 5.47. The van der Waals surface area contributed by atoms with Crippen molar-refractivity contribution < 1.29 is 13.9 Å². The Bertz CT molecular complexity index is 531. The van der Waals surface area contributed by atoms with E-state index >= 15 is 0 Å². The highest BCUT2D eigenvalue weighted by Gasteiger charge is 2.22. The van der Waals surface area contributed by atoms with Gasteiger partial charge in [0, 0.05) is 5.39 Å². The molecule has 19 heavy (non-hydrogen) atoms. The summed E-state index contributed by atoms with van der Waals surface area (Å²) in [6.45, 7) is 0.240. The number of esters is 1. The van der Waals surface area contributed by atoms with E-state index in [4.69, 9.17) is 9.15 Å². The second-order valence-electron chi connectivity index (χ2n) is 5.19. The van der Waals surface area contributed by atoms with Crippen molar-refractivity contribution in [1.29, 1.82) is 0 Å². The van der Waals surface area contributed by atoms with Crippen LogP contribution in [0.25, 0.3) is 11.0 Å². The summed E-state index contributed by atoms with van der Waals surface area (Å²) >= 11 is 0. The molecule has 0 amide bonds. The van der Waals surface area contributed by atoms with Gasteiger partial charge in [-0.2, -0.15) is 0 Å². The third-order valence-corrected chi connectivity index (χ3v) is 3.77. The summed E-state index contributed by atoms with van der Waals surface area (Å²) in [5.74, 6) is 0.739. The van der Waals surface area contributed by atoms with Crippen LogP contribution in [0.1, 0.15) is 37.9 Å². The first-order chi connectivity index (χ1) is 9.33. The number of furan rings is 1. The lowest BCUT2D eigenvalue weighted by atomic mass is 9.89. The highest BCUT2D eigenvalue weighted by Crippen LogP contribution is 2.25. The number of carbonyl (C=O) groups is 1. The first kappa shape index (κ1) is 12.3. The van der Waals surface area contributed by atoms with Gasteiger partial charge in [-0.3, -0.25) is 4.79 Å². The van der Waals surface area contributed by atoms with Crippen LogP contribution < -0.4 is 0 Å². The van der Waals surface area contributed by atoms with E-state index in [9.17, 15) is 4.79 Å². The molecule has 0 aliphatic heterocycles. The van der Waals surface area contributed by atoms with Gasteiger partial charge in [0.25, 0.3) is 0 Å². The monoisotopic (exact) mass is 258 g/mol. The zero-order valence-corrected chi connectivity index (χ0v) is 10.9. The Balaban J connectivity index is 1.60. The van der Waals surface area contributed by atoms with Crippen LogP contribution in [0.4, 0.5) is 0 Å². The molecule has 1 fully saturated rings. The van der Waals surface area contributed by atoms with Gasteiger partial charge in [-0.05, 0) is 25.0 Å². The van der Waals surface area contributed by atoms with Gasteiger partial charge in [0.05, 0.1) is 5.92 Å². The molecule has 0 spiro atoms. The zero-order chi connectivity index (χ0) is 13.1. The van der Waals surface area contributed by atoms with E-state index < -0.39 is 0 Å². The number of hydrogen-bond donors (Lipinski definition) is 0. The van der Waals surface area contributed by atoms with Crippen molar-refractivity contribution in [1.82, 2.24) is 0 Å². The Labute approximate surface area is 112 Å². The molecule has 1 aliphatic rings. The molecule has 1 aliphatic carbocycles. The molecule has 0 saturated heterocycles. The molecular formula is C16H18O3. The number of benzene rings is 1. The quantitative estimate of drug-likeness (QED) is 0.779. The summed E-state index contributed by atoms with van der Waals surface area (Å²) in [5, 5.41) is 1.05. The van der Waals surface area contributed by atoms with Crippen LogP contribution in [0.2, 0.25) is 0 Å². The Hall–Kier alpha value is -1.77. The number of ether oxygens (including phenoxy) is 1. The van der Waals surface area contributed by atoms with Gasteiger partial charge in [0.2, 0.25) is 0 Å². The molecule has 1 heterocycles. The summed E-state index contributed by atoms with van der Waals surface area (Å²) < 4.78 is 11.0. The molecule has 0 bridgehead atoms. The minimum absolute atomic E-state index is 0.0693. The molecule has 3 rings (SSSR count). The van der Waals surface area contributed by atoms with Gasteiger partial charge in [0.15, 0.2) is 0 Å². The van der Waals surface area contributed by atoms with E-state index in [0.717, 1.165) is 36.7 Å². The van der Waals surface area contributed by atoms with Crippen LogP contribution in [0.5, 0.6) is 0 Å². The van der Waals surface area contributed by atoms with Gasteiger partial charge >= 0.3 is 5.97 Å². The minimum atomic E-state index is -0.0693. The standard InChI is InChI=1S/C16H18O3/c17-16(12-6-2-1-3-7-12)18-11-14-10-13-8-4-5-9-15(13)19-14/h4-5,8-10,12H,1-3,6-7,11H2. The molecule has 2 aromatic rings. The van der Waals surface area contributed by atoms with Crippen molar-refractivity contribution in [3.8, 4) is 0 Å². The maximum Gasteiger partial charge on any atom is 0.309 e. The lowest BCUT2D eigenvalue weighted by molar-refractivity contribution is -0.151. The van der Waals surface area contributed by atoms with Gasteiger partial charge in [-0.15, -0.1) is 0 Å². The van der Waals surface area contributed by atoms with Crippen LogP contribution in [0, 0.1) is 5.92 Å². The maximum absolute atomic E-state index is 11.9. The van der Waals surface area contributed by atoms with Crippen molar-refractivity contribution in [3.05, 3.63) is 36.1 Å². The predicted octanol–water partition coefficient (Wildman–Crippen LogP) is 4.06. The van der Waals surface area contributed by atoms with Crippen molar-refractivity contribution in [2.24, 2.45) is 5.92 Å². The smallest absolute Gasteiger partial charge is 0.309 e. The molecule has 0 N–H and O–H groups in total. The molecule has 0 atom stereocenters. The maximum atomic E-state index is 11.9. The van der Waals surface area contributed by atoms with Gasteiger partial charge in [-0.25, -0.2) is 0 Å². The molecule has 0 unspecified atom stereocenters. The Morgan fingerprint density at radius 3 is 2.79 bits per heavy atom. The van der Waals surface area contributed by atoms with E-state index in [1.54, 1.807) is 0 Å². The Morgan fingerprint density at radius 2 is 2.00 bits per heavy atom. The normalized spacial score (nSPS) is 16.6. The summed E-state index contributed by atoms with van der Waals surface area (Å²) in [7, 11) is 0. The van der Waals surface area contributed by atoms with Crippen LogP contribution in [-0.2, 0) is 16.1 Å². The van der Waals surface area contributed by atoms with E-state index in [1.165, 1.54) is 6.42 Å². The highest BCUT2D eigenvalue weighted by molar-refractivity contribution is 5.77. The summed E-state index contributed by atoms with van der Waals surface area (Å²) in [4.78, 5) is 11.9. The number of carbonyl (C=O) groups excluding carboxylic acids is 1. The number of rotatable bonds is 3. The van der Waals surface area contributed by atoms with Gasteiger partial charge < -0.3 is 9.15 Å². The average Bonchev–Trinajstić information content (AvgIpc) is 2.88. The van der Waals surface area contributed by atoms with E-state index in [1.807, 2.05) is 30.3 Å². The topological polar surface area (TPSA) is 39.4 Å². The van der Waals surface area contributed by atoms with Crippen LogP contribution in [0.15, 0.2) is 34.7 Å². The molecule has 3 heteroatoms. The molecule has 100 valence electrons.